The maximum atomic E-state index is 12.3. The largest absolute Gasteiger partial charge is 0.497 e. The van der Waals surface area contributed by atoms with Gasteiger partial charge < -0.3 is 23.9 Å². The van der Waals surface area contributed by atoms with Gasteiger partial charge >= 0.3 is 0 Å². The van der Waals surface area contributed by atoms with E-state index in [9.17, 15) is 4.79 Å². The normalized spacial score (nSPS) is 10.4. The molecule has 0 bridgehead atoms. The van der Waals surface area contributed by atoms with Crippen LogP contribution in [-0.2, 0) is 11.2 Å². The average Bonchev–Trinajstić information content (AvgIpc) is 3.21. The van der Waals surface area contributed by atoms with E-state index in [0.717, 1.165) is 22.8 Å². The van der Waals surface area contributed by atoms with Gasteiger partial charge in [0, 0.05) is 24.5 Å². The summed E-state index contributed by atoms with van der Waals surface area (Å²) in [6.45, 7) is 0. The molecule has 0 fully saturated rings. The quantitative estimate of drug-likeness (QED) is 0.620. The van der Waals surface area contributed by atoms with Crippen LogP contribution in [0.1, 0.15) is 12.2 Å². The zero-order chi connectivity index (χ0) is 19.9. The van der Waals surface area contributed by atoms with E-state index in [1.54, 1.807) is 39.5 Å². The number of carbonyl (C=O) groups excluding carboxylic acids is 1. The molecule has 146 valence electrons. The molecule has 6 heteroatoms. The van der Waals surface area contributed by atoms with E-state index in [-0.39, 0.29) is 12.3 Å². The van der Waals surface area contributed by atoms with Crippen molar-refractivity contribution in [1.82, 2.24) is 0 Å². The fourth-order valence-corrected chi connectivity index (χ4v) is 2.78. The molecule has 28 heavy (non-hydrogen) atoms. The van der Waals surface area contributed by atoms with Crippen LogP contribution in [0.5, 0.6) is 17.2 Å². The lowest BCUT2D eigenvalue weighted by molar-refractivity contribution is -0.116. The van der Waals surface area contributed by atoms with E-state index in [1.165, 1.54) is 0 Å². The Labute approximate surface area is 164 Å². The Morgan fingerprint density at radius 1 is 0.893 bits per heavy atom. The number of anilines is 1. The summed E-state index contributed by atoms with van der Waals surface area (Å²) < 4.78 is 21.5. The lowest BCUT2D eigenvalue weighted by atomic mass is 10.2. The lowest BCUT2D eigenvalue weighted by Crippen LogP contribution is -2.13. The number of hydrogen-bond acceptors (Lipinski definition) is 5. The van der Waals surface area contributed by atoms with Gasteiger partial charge in [-0.05, 0) is 48.5 Å². The van der Waals surface area contributed by atoms with Gasteiger partial charge in [0.2, 0.25) is 5.91 Å². The molecule has 3 aromatic rings. The molecular weight excluding hydrogens is 358 g/mol. The molecule has 0 aliphatic rings. The van der Waals surface area contributed by atoms with Gasteiger partial charge in [-0.15, -0.1) is 0 Å². The van der Waals surface area contributed by atoms with Gasteiger partial charge in [0.05, 0.1) is 27.0 Å². The van der Waals surface area contributed by atoms with Gasteiger partial charge in [-0.1, -0.05) is 0 Å². The van der Waals surface area contributed by atoms with Crippen LogP contribution in [0.15, 0.2) is 59.0 Å². The number of methoxy groups -OCH3 is 3. The maximum absolute atomic E-state index is 12.3. The van der Waals surface area contributed by atoms with Crippen molar-refractivity contribution in [3.8, 4) is 28.6 Å². The smallest absolute Gasteiger partial charge is 0.224 e. The molecule has 2 aromatic carbocycles. The minimum atomic E-state index is -0.131. The summed E-state index contributed by atoms with van der Waals surface area (Å²) in [5, 5.41) is 2.86. The van der Waals surface area contributed by atoms with Crippen molar-refractivity contribution in [2.75, 3.05) is 26.6 Å². The number of benzene rings is 2. The number of rotatable bonds is 8. The molecule has 0 unspecified atom stereocenters. The van der Waals surface area contributed by atoms with Crippen molar-refractivity contribution in [1.29, 1.82) is 0 Å². The second kappa shape index (κ2) is 8.99. The van der Waals surface area contributed by atoms with E-state index in [2.05, 4.69) is 5.32 Å². The topological polar surface area (TPSA) is 69.9 Å². The lowest BCUT2D eigenvalue weighted by Gasteiger charge is -2.11. The summed E-state index contributed by atoms with van der Waals surface area (Å²) in [5.74, 6) is 3.39. The SMILES string of the molecule is COc1ccc(-c2ccc(CCC(=O)Nc3cc(OC)ccc3OC)o2)cc1. The third-order valence-electron chi connectivity index (χ3n) is 4.32. The van der Waals surface area contributed by atoms with Gasteiger partial charge in [-0.25, -0.2) is 0 Å². The zero-order valence-electron chi connectivity index (χ0n) is 16.2. The molecule has 1 amide bonds. The number of ether oxygens (including phenoxy) is 3. The zero-order valence-corrected chi connectivity index (χ0v) is 16.2. The molecule has 0 aliphatic carbocycles. The molecular formula is C22H23NO5. The minimum Gasteiger partial charge on any atom is -0.497 e. The highest BCUT2D eigenvalue weighted by Gasteiger charge is 2.11. The Hall–Kier alpha value is -3.41. The maximum Gasteiger partial charge on any atom is 0.224 e. The van der Waals surface area contributed by atoms with Gasteiger partial charge in [0.1, 0.15) is 28.8 Å². The average molecular weight is 381 g/mol. The van der Waals surface area contributed by atoms with Crippen LogP contribution in [0.4, 0.5) is 5.69 Å². The van der Waals surface area contributed by atoms with E-state index >= 15 is 0 Å². The number of furan rings is 1. The van der Waals surface area contributed by atoms with Crippen molar-refractivity contribution >= 4 is 11.6 Å². The van der Waals surface area contributed by atoms with Crippen LogP contribution in [0, 0.1) is 0 Å². The highest BCUT2D eigenvalue weighted by Crippen LogP contribution is 2.29. The predicted molar refractivity (Wildman–Crippen MR) is 107 cm³/mol. The van der Waals surface area contributed by atoms with Crippen LogP contribution >= 0.6 is 0 Å². The van der Waals surface area contributed by atoms with Crippen LogP contribution < -0.4 is 19.5 Å². The molecule has 1 N–H and O–H groups in total. The Morgan fingerprint density at radius 3 is 2.29 bits per heavy atom. The number of nitrogens with one attached hydrogen (secondary N) is 1. The molecule has 0 spiro atoms. The summed E-state index contributed by atoms with van der Waals surface area (Å²) in [4.78, 5) is 12.3. The number of hydrogen-bond donors (Lipinski definition) is 1. The highest BCUT2D eigenvalue weighted by molar-refractivity contribution is 5.92. The summed E-state index contributed by atoms with van der Waals surface area (Å²) >= 11 is 0. The van der Waals surface area contributed by atoms with E-state index < -0.39 is 0 Å². The molecule has 0 saturated carbocycles. The summed E-state index contributed by atoms with van der Waals surface area (Å²) in [5.41, 5.74) is 1.53. The first kappa shape index (κ1) is 19.4. The summed E-state index contributed by atoms with van der Waals surface area (Å²) in [7, 11) is 4.76. The molecule has 0 atom stereocenters. The van der Waals surface area contributed by atoms with Crippen LogP contribution in [0.3, 0.4) is 0 Å². The first-order valence-electron chi connectivity index (χ1n) is 8.88. The first-order chi connectivity index (χ1) is 13.6. The molecule has 6 nitrogen and oxygen atoms in total. The number of aryl methyl sites for hydroxylation is 1. The second-order valence-corrected chi connectivity index (χ2v) is 6.11. The third-order valence-corrected chi connectivity index (χ3v) is 4.32. The van der Waals surface area contributed by atoms with Crippen molar-refractivity contribution in [2.45, 2.75) is 12.8 Å². The van der Waals surface area contributed by atoms with Gasteiger partial charge in [0.15, 0.2) is 0 Å². The summed E-state index contributed by atoms with van der Waals surface area (Å²) in [6.07, 6.45) is 0.782. The first-order valence-corrected chi connectivity index (χ1v) is 8.88. The Bertz CT molecular complexity index is 930. The van der Waals surface area contributed by atoms with Gasteiger partial charge in [0.25, 0.3) is 0 Å². The highest BCUT2D eigenvalue weighted by atomic mass is 16.5. The van der Waals surface area contributed by atoms with E-state index in [0.29, 0.717) is 23.6 Å². The molecule has 0 radical (unpaired) electrons. The van der Waals surface area contributed by atoms with Crippen LogP contribution in [0.25, 0.3) is 11.3 Å². The van der Waals surface area contributed by atoms with E-state index in [1.807, 2.05) is 36.4 Å². The van der Waals surface area contributed by atoms with Crippen molar-refractivity contribution in [3.63, 3.8) is 0 Å². The molecule has 0 aliphatic heterocycles. The Balaban J connectivity index is 1.60. The molecule has 1 aromatic heterocycles. The standard InChI is InChI=1S/C22H23NO5/c1-25-16-6-4-15(5-7-16)20-11-8-17(28-20)10-13-22(24)23-19-14-18(26-2)9-12-21(19)27-3/h4-9,11-12,14H,10,13H2,1-3H3,(H,23,24). The predicted octanol–water partition coefficient (Wildman–Crippen LogP) is 4.54. The van der Waals surface area contributed by atoms with E-state index in [4.69, 9.17) is 18.6 Å². The minimum absolute atomic E-state index is 0.131. The van der Waals surface area contributed by atoms with Crippen LogP contribution in [0.2, 0.25) is 0 Å². The van der Waals surface area contributed by atoms with Crippen molar-refractivity contribution < 1.29 is 23.4 Å². The Morgan fingerprint density at radius 2 is 1.61 bits per heavy atom. The monoisotopic (exact) mass is 381 g/mol. The summed E-state index contributed by atoms with van der Waals surface area (Å²) in [6, 6.07) is 16.7. The van der Waals surface area contributed by atoms with Crippen LogP contribution in [-0.4, -0.2) is 27.2 Å². The fourth-order valence-electron chi connectivity index (χ4n) is 2.78. The third kappa shape index (κ3) is 4.65. The number of carbonyl (C=O) groups is 1. The van der Waals surface area contributed by atoms with Gasteiger partial charge in [-0.3, -0.25) is 4.79 Å². The number of amides is 1. The fraction of sp³-hybridized carbons (Fsp3) is 0.227. The van der Waals surface area contributed by atoms with Gasteiger partial charge in [-0.2, -0.15) is 0 Å². The van der Waals surface area contributed by atoms with Crippen molar-refractivity contribution in [2.24, 2.45) is 0 Å². The second-order valence-electron chi connectivity index (χ2n) is 6.11. The van der Waals surface area contributed by atoms with Crippen molar-refractivity contribution in [3.05, 3.63) is 60.4 Å². The molecule has 0 saturated heterocycles. The molecule has 1 heterocycles. The molecule has 3 rings (SSSR count). The Kier molecular flexibility index (Phi) is 6.22.